The number of benzene rings is 2. The van der Waals surface area contributed by atoms with Gasteiger partial charge in [-0.1, -0.05) is 25.1 Å². The highest BCUT2D eigenvalue weighted by Gasteiger charge is 2.24. The number of anilines is 2. The van der Waals surface area contributed by atoms with Gasteiger partial charge in [0, 0.05) is 12.2 Å². The summed E-state index contributed by atoms with van der Waals surface area (Å²) in [5.41, 5.74) is 7.84. The molecule has 0 aliphatic heterocycles. The smallest absolute Gasteiger partial charge is 0.264 e. The minimum Gasteiger partial charge on any atom is -0.399 e. The summed E-state index contributed by atoms with van der Waals surface area (Å²) in [5, 5.41) is 0. The minimum absolute atomic E-state index is 0.304. The second-order valence-corrected chi connectivity index (χ2v) is 6.85. The zero-order chi connectivity index (χ0) is 15.5. The Morgan fingerprint density at radius 3 is 2.43 bits per heavy atom. The Labute approximate surface area is 126 Å². The van der Waals surface area contributed by atoms with Crippen LogP contribution in [0, 0.1) is 6.92 Å². The molecule has 2 rings (SSSR count). The quantitative estimate of drug-likeness (QED) is 0.863. The topological polar surface area (TPSA) is 63.4 Å². The van der Waals surface area contributed by atoms with Gasteiger partial charge in [-0.3, -0.25) is 4.31 Å². The monoisotopic (exact) mass is 304 g/mol. The Kier molecular flexibility index (Phi) is 4.53. The molecule has 21 heavy (non-hydrogen) atoms. The fourth-order valence-electron chi connectivity index (χ4n) is 2.17. The maximum Gasteiger partial charge on any atom is 0.264 e. The lowest BCUT2D eigenvalue weighted by atomic mass is 10.2. The van der Waals surface area contributed by atoms with Crippen LogP contribution >= 0.6 is 0 Å². The van der Waals surface area contributed by atoms with E-state index in [0.29, 0.717) is 22.8 Å². The van der Waals surface area contributed by atoms with Crippen LogP contribution in [0.5, 0.6) is 0 Å². The van der Waals surface area contributed by atoms with Gasteiger partial charge in [0.05, 0.1) is 10.6 Å². The summed E-state index contributed by atoms with van der Waals surface area (Å²) in [4.78, 5) is 0.304. The molecule has 0 radical (unpaired) electrons. The molecule has 0 saturated carbocycles. The van der Waals surface area contributed by atoms with Crippen molar-refractivity contribution in [2.24, 2.45) is 0 Å². The van der Waals surface area contributed by atoms with E-state index in [1.165, 1.54) is 4.31 Å². The number of aryl methyl sites for hydroxylation is 1. The number of hydrogen-bond acceptors (Lipinski definition) is 3. The Morgan fingerprint density at radius 2 is 1.81 bits per heavy atom. The van der Waals surface area contributed by atoms with Crippen molar-refractivity contribution in [2.45, 2.75) is 25.2 Å². The van der Waals surface area contributed by atoms with Gasteiger partial charge in [-0.15, -0.1) is 0 Å². The second-order valence-electron chi connectivity index (χ2n) is 4.99. The first kappa shape index (κ1) is 15.4. The zero-order valence-corrected chi connectivity index (χ0v) is 13.1. The molecule has 0 aromatic heterocycles. The van der Waals surface area contributed by atoms with Gasteiger partial charge in [-0.05, 0) is 49.2 Å². The lowest BCUT2D eigenvalue weighted by Crippen LogP contribution is -2.31. The predicted octanol–water partition coefficient (Wildman–Crippen LogP) is 3.18. The first-order valence-electron chi connectivity index (χ1n) is 6.90. The van der Waals surface area contributed by atoms with Gasteiger partial charge in [-0.2, -0.15) is 0 Å². The molecule has 0 heterocycles. The Bertz CT molecular complexity index is 727. The Hall–Kier alpha value is -2.01. The summed E-state index contributed by atoms with van der Waals surface area (Å²) in [5.74, 6) is 0. The maximum atomic E-state index is 12.9. The van der Waals surface area contributed by atoms with E-state index in [9.17, 15) is 8.42 Å². The highest BCUT2D eigenvalue weighted by Crippen LogP contribution is 2.25. The molecule has 0 amide bonds. The van der Waals surface area contributed by atoms with Crippen LogP contribution in [-0.2, 0) is 10.0 Å². The summed E-state index contributed by atoms with van der Waals surface area (Å²) in [6.07, 6.45) is 0.722. The van der Waals surface area contributed by atoms with Crippen molar-refractivity contribution in [3.05, 3.63) is 54.1 Å². The minimum atomic E-state index is -3.58. The summed E-state index contributed by atoms with van der Waals surface area (Å²) >= 11 is 0. The number of nitrogens with zero attached hydrogens (tertiary/aromatic N) is 1. The molecule has 0 unspecified atom stereocenters. The lowest BCUT2D eigenvalue weighted by Gasteiger charge is -2.24. The number of rotatable bonds is 5. The molecule has 0 atom stereocenters. The average molecular weight is 304 g/mol. The first-order chi connectivity index (χ1) is 9.95. The number of sulfonamides is 1. The van der Waals surface area contributed by atoms with Gasteiger partial charge in [0.2, 0.25) is 0 Å². The van der Waals surface area contributed by atoms with E-state index in [0.717, 1.165) is 12.0 Å². The van der Waals surface area contributed by atoms with E-state index in [2.05, 4.69) is 0 Å². The molecule has 2 N–H and O–H groups in total. The van der Waals surface area contributed by atoms with Crippen molar-refractivity contribution in [3.8, 4) is 0 Å². The van der Waals surface area contributed by atoms with Crippen LogP contribution in [0.2, 0.25) is 0 Å². The molecule has 0 saturated heterocycles. The van der Waals surface area contributed by atoms with Crippen LogP contribution in [0.4, 0.5) is 11.4 Å². The molecule has 0 aliphatic carbocycles. The summed E-state index contributed by atoms with van der Waals surface area (Å²) in [6.45, 7) is 4.24. The van der Waals surface area contributed by atoms with Gasteiger partial charge >= 0.3 is 0 Å². The van der Waals surface area contributed by atoms with Gasteiger partial charge < -0.3 is 5.73 Å². The Morgan fingerprint density at radius 1 is 1.10 bits per heavy atom. The largest absolute Gasteiger partial charge is 0.399 e. The van der Waals surface area contributed by atoms with E-state index in [1.54, 1.807) is 42.5 Å². The van der Waals surface area contributed by atoms with Crippen LogP contribution in [-0.4, -0.2) is 15.0 Å². The van der Waals surface area contributed by atoms with E-state index >= 15 is 0 Å². The Balaban J connectivity index is 2.51. The maximum absolute atomic E-state index is 12.9. The molecule has 112 valence electrons. The number of nitrogens with two attached hydrogens (primary N) is 1. The standard InChI is InChI=1S/C16H20N2O2S/c1-3-10-18(15-8-5-7-14(17)12-15)21(19,20)16-9-4-6-13(2)11-16/h4-9,11-12H,3,10,17H2,1-2H3. The second kappa shape index (κ2) is 6.18. The van der Waals surface area contributed by atoms with Crippen LogP contribution in [0.15, 0.2) is 53.4 Å². The average Bonchev–Trinajstić information content (AvgIpc) is 2.44. The summed E-state index contributed by atoms with van der Waals surface area (Å²) < 4.78 is 27.2. The van der Waals surface area contributed by atoms with Crippen LogP contribution in [0.25, 0.3) is 0 Å². The predicted molar refractivity (Wildman–Crippen MR) is 86.9 cm³/mol. The fourth-order valence-corrected chi connectivity index (χ4v) is 3.83. The molecule has 0 aliphatic rings. The molecule has 0 fully saturated rings. The normalized spacial score (nSPS) is 11.3. The molecular formula is C16H20N2O2S. The van der Waals surface area contributed by atoms with Gasteiger partial charge in [-0.25, -0.2) is 8.42 Å². The highest BCUT2D eigenvalue weighted by atomic mass is 32.2. The van der Waals surface area contributed by atoms with Crippen molar-refractivity contribution in [2.75, 3.05) is 16.6 Å². The van der Waals surface area contributed by atoms with Gasteiger partial charge in [0.25, 0.3) is 10.0 Å². The lowest BCUT2D eigenvalue weighted by molar-refractivity contribution is 0.590. The SMILES string of the molecule is CCCN(c1cccc(N)c1)S(=O)(=O)c1cccc(C)c1. The van der Waals surface area contributed by atoms with Gasteiger partial charge in [0.15, 0.2) is 0 Å². The molecule has 0 bridgehead atoms. The summed E-state index contributed by atoms with van der Waals surface area (Å²) in [7, 11) is -3.58. The molecule has 5 heteroatoms. The third-order valence-corrected chi connectivity index (χ3v) is 4.99. The molecular weight excluding hydrogens is 284 g/mol. The van der Waals surface area contributed by atoms with E-state index in [-0.39, 0.29) is 0 Å². The molecule has 2 aromatic rings. The van der Waals surface area contributed by atoms with E-state index in [4.69, 9.17) is 5.73 Å². The van der Waals surface area contributed by atoms with Crippen molar-refractivity contribution < 1.29 is 8.42 Å². The third-order valence-electron chi connectivity index (χ3n) is 3.16. The number of hydrogen-bond donors (Lipinski definition) is 1. The first-order valence-corrected chi connectivity index (χ1v) is 8.34. The number of nitrogen functional groups attached to an aromatic ring is 1. The third kappa shape index (κ3) is 3.36. The van der Waals surface area contributed by atoms with Crippen molar-refractivity contribution >= 4 is 21.4 Å². The van der Waals surface area contributed by atoms with Crippen LogP contribution in [0.3, 0.4) is 0 Å². The van der Waals surface area contributed by atoms with Crippen molar-refractivity contribution in [1.82, 2.24) is 0 Å². The molecule has 2 aromatic carbocycles. The fraction of sp³-hybridized carbons (Fsp3) is 0.250. The van der Waals surface area contributed by atoms with Crippen molar-refractivity contribution in [1.29, 1.82) is 0 Å². The van der Waals surface area contributed by atoms with E-state index in [1.807, 2.05) is 19.9 Å². The molecule has 0 spiro atoms. The molecule has 4 nitrogen and oxygen atoms in total. The van der Waals surface area contributed by atoms with E-state index < -0.39 is 10.0 Å². The van der Waals surface area contributed by atoms with Crippen LogP contribution in [0.1, 0.15) is 18.9 Å². The van der Waals surface area contributed by atoms with Gasteiger partial charge in [0.1, 0.15) is 0 Å². The van der Waals surface area contributed by atoms with Crippen LogP contribution < -0.4 is 10.0 Å². The highest BCUT2D eigenvalue weighted by molar-refractivity contribution is 7.92. The summed E-state index contributed by atoms with van der Waals surface area (Å²) in [6, 6.07) is 13.9. The zero-order valence-electron chi connectivity index (χ0n) is 12.3. The van der Waals surface area contributed by atoms with Crippen molar-refractivity contribution in [3.63, 3.8) is 0 Å².